The van der Waals surface area contributed by atoms with E-state index in [1.807, 2.05) is 74.6 Å². The summed E-state index contributed by atoms with van der Waals surface area (Å²) in [5, 5.41) is 33.1. The summed E-state index contributed by atoms with van der Waals surface area (Å²) < 4.78 is 36.8. The maximum absolute atomic E-state index is 14.6. The van der Waals surface area contributed by atoms with Gasteiger partial charge in [0, 0.05) is 70.5 Å². The van der Waals surface area contributed by atoms with Gasteiger partial charge in [-0.25, -0.2) is 4.79 Å². The number of allylic oxidation sites excluding steroid dienone is 6. The molecule has 1 aliphatic carbocycles. The number of aliphatic hydroxyl groups excluding tert-OH is 2. The van der Waals surface area contributed by atoms with E-state index in [0.29, 0.717) is 76.6 Å². The molecule has 426 valence electrons. The lowest BCUT2D eigenvalue weighted by molar-refractivity contribution is -0.266. The molecule has 2 saturated heterocycles. The number of terminal acetylenes is 1. The second-order valence-electron chi connectivity index (χ2n) is 22.2. The Hall–Kier alpha value is -4.63. The number of cyclic esters (lactones) is 1. The fourth-order valence-electron chi connectivity index (χ4n) is 11.4. The molecule has 2 unspecified atom stereocenters. The van der Waals surface area contributed by atoms with Crippen molar-refractivity contribution < 1.29 is 67.7 Å². The van der Waals surface area contributed by atoms with E-state index in [2.05, 4.69) is 5.92 Å². The number of Topliss-reactive ketones (excluding diaryl/α,β-unsaturated/α-hetero) is 3. The highest BCUT2D eigenvalue weighted by molar-refractivity contribution is 6.39. The lowest BCUT2D eigenvalue weighted by atomic mass is 9.78. The van der Waals surface area contributed by atoms with Gasteiger partial charge in [-0.15, -0.1) is 6.42 Å². The van der Waals surface area contributed by atoms with Crippen LogP contribution in [0.25, 0.3) is 0 Å². The molecule has 1 aromatic carbocycles. The van der Waals surface area contributed by atoms with Crippen LogP contribution >= 0.6 is 0 Å². The van der Waals surface area contributed by atoms with Crippen LogP contribution < -0.4 is 0 Å². The molecule has 0 aromatic heterocycles. The second-order valence-corrected chi connectivity index (χ2v) is 22.2. The van der Waals surface area contributed by atoms with Crippen LogP contribution in [0.1, 0.15) is 131 Å². The van der Waals surface area contributed by atoms with Crippen molar-refractivity contribution >= 4 is 29.2 Å². The average molecular weight is 1070 g/mol. The maximum Gasteiger partial charge on any atom is 0.329 e. The number of aliphatic hydroxyl groups is 3. The Bertz CT molecular complexity index is 2250. The average Bonchev–Trinajstić information content (AvgIpc) is 3.42. The van der Waals surface area contributed by atoms with E-state index in [1.165, 1.54) is 12.0 Å². The van der Waals surface area contributed by atoms with Crippen molar-refractivity contribution in [2.24, 2.45) is 35.5 Å². The number of nitrogens with zero attached hydrogens (tertiary/aromatic N) is 1. The number of ether oxygens (including phenoxy) is 6. The van der Waals surface area contributed by atoms with Crippen LogP contribution in [-0.2, 0) is 58.8 Å². The molecule has 77 heavy (non-hydrogen) atoms. The molecule has 0 radical (unpaired) electrons. The monoisotopic (exact) mass is 1070 g/mol. The summed E-state index contributed by atoms with van der Waals surface area (Å²) in [5.41, 5.74) is 2.30. The maximum atomic E-state index is 14.6. The molecule has 15 heteroatoms. The first-order valence-electron chi connectivity index (χ1n) is 28.2. The van der Waals surface area contributed by atoms with Crippen molar-refractivity contribution in [2.45, 2.75) is 186 Å². The van der Waals surface area contributed by atoms with Crippen LogP contribution in [0, 0.1) is 47.9 Å². The van der Waals surface area contributed by atoms with E-state index in [1.54, 1.807) is 40.9 Å². The molecule has 3 N–H and O–H groups in total. The van der Waals surface area contributed by atoms with E-state index in [9.17, 15) is 39.3 Å². The van der Waals surface area contributed by atoms with Crippen LogP contribution in [0.3, 0.4) is 0 Å². The highest BCUT2D eigenvalue weighted by Gasteiger charge is 2.53. The number of piperidine rings is 1. The molecular formula is C62H89NO14. The zero-order valence-electron chi connectivity index (χ0n) is 47.0. The van der Waals surface area contributed by atoms with Crippen LogP contribution in [-0.4, -0.2) is 145 Å². The minimum atomic E-state index is -2.48. The number of ketones is 3. The van der Waals surface area contributed by atoms with Crippen molar-refractivity contribution in [3.63, 3.8) is 0 Å². The molecule has 1 saturated carbocycles. The summed E-state index contributed by atoms with van der Waals surface area (Å²) in [7, 11) is 3.00. The standard InChI is InChI=1S/C62H89NO14/c1-10-46-21-14-11-13-20-40(2)53(75-33-29-47-22-15-12-16-23-47)38-49-27-25-45(7)62(71,77-49)59(68)60(69)63-30-18-17-24-50(63)61(70)76-54(42(4)35-48-26-28-52(55(37-48)72-8)74-32-19-31-64)39-51(65)41(3)34-43(5)56(66)58(73-9)57(67)44(6)36-46/h1,11-16,20-23,34,41-42,44-46,48-50,52-56,58,64,66,71H,17-19,24-33,35-39H2,2-9H3/b13-11+,21-14+,40-20+,43-34+/t41-,42-,44-,45-,46-,48+,49+,50?,52-,53?,54+,55-,56-,58-,62-/m1/s1. The number of carbonyl (C=O) groups excluding carboxylic acids is 5. The van der Waals surface area contributed by atoms with E-state index >= 15 is 0 Å². The third kappa shape index (κ3) is 17.9. The van der Waals surface area contributed by atoms with Gasteiger partial charge in [0.2, 0.25) is 5.79 Å². The number of esters is 1. The van der Waals surface area contributed by atoms with Gasteiger partial charge in [0.05, 0.1) is 31.0 Å². The first kappa shape index (κ1) is 63.2. The Morgan fingerprint density at radius 1 is 0.870 bits per heavy atom. The summed E-state index contributed by atoms with van der Waals surface area (Å²) in [6.45, 7) is 11.5. The molecule has 0 spiro atoms. The number of amides is 1. The van der Waals surface area contributed by atoms with Crippen molar-refractivity contribution in [2.75, 3.05) is 40.6 Å². The number of hydrogen-bond acceptors (Lipinski definition) is 14. The van der Waals surface area contributed by atoms with Crippen LogP contribution in [0.4, 0.5) is 0 Å². The summed E-state index contributed by atoms with van der Waals surface area (Å²) >= 11 is 0. The first-order valence-corrected chi connectivity index (χ1v) is 28.2. The fourth-order valence-corrected chi connectivity index (χ4v) is 11.4. The molecule has 1 aromatic rings. The largest absolute Gasteiger partial charge is 0.460 e. The second kappa shape index (κ2) is 31.2. The molecule has 3 heterocycles. The van der Waals surface area contributed by atoms with Crippen molar-refractivity contribution in [1.82, 2.24) is 4.90 Å². The van der Waals surface area contributed by atoms with Crippen LogP contribution in [0.15, 0.2) is 77.9 Å². The minimum absolute atomic E-state index is 0.0272. The quantitative estimate of drug-likeness (QED) is 0.0567. The van der Waals surface area contributed by atoms with Gasteiger partial charge < -0.3 is 48.6 Å². The summed E-state index contributed by atoms with van der Waals surface area (Å²) in [6.07, 6.45) is 18.2. The van der Waals surface area contributed by atoms with Crippen LogP contribution in [0.5, 0.6) is 0 Å². The zero-order chi connectivity index (χ0) is 56.2. The van der Waals surface area contributed by atoms with E-state index in [4.69, 9.17) is 34.8 Å². The molecular weight excluding hydrogens is 983 g/mol. The number of benzene rings is 1. The van der Waals surface area contributed by atoms with Gasteiger partial charge in [-0.05, 0) is 119 Å². The molecule has 1 amide bonds. The van der Waals surface area contributed by atoms with Crippen LogP contribution in [0.2, 0.25) is 0 Å². The predicted molar refractivity (Wildman–Crippen MR) is 293 cm³/mol. The normalized spacial score (nSPS) is 35.8. The Kier molecular flexibility index (Phi) is 25.6. The smallest absolute Gasteiger partial charge is 0.329 e. The van der Waals surface area contributed by atoms with Gasteiger partial charge in [-0.1, -0.05) is 100 Å². The SMILES string of the molecule is C#C[C@@H]1/C=C/C=C/C=C(\C)C(OCCc2ccccc2)C[C@@H]2CC[C@@H](C)[C@@](O)(O2)C(=O)C(=O)N2CCCCC2C(=O)O[C@H]([C@H](C)C[C@@H]2CC[C@@H](OCCCO)[C@H](OC)C2)CC(=O)[C@H](C)/C=C(\C)[C@@H](O)[C@@H](OC)C(=O)[C@H](C)C1. The highest BCUT2D eigenvalue weighted by Crippen LogP contribution is 2.38. The van der Waals surface area contributed by atoms with Crippen molar-refractivity contribution in [3.05, 3.63) is 83.5 Å². The van der Waals surface area contributed by atoms with Crippen molar-refractivity contribution in [3.8, 4) is 12.3 Å². The molecule has 15 nitrogen and oxygen atoms in total. The summed E-state index contributed by atoms with van der Waals surface area (Å²) in [6, 6.07) is 8.77. The van der Waals surface area contributed by atoms with Gasteiger partial charge in [-0.2, -0.15) is 0 Å². The molecule has 5 rings (SSSR count). The van der Waals surface area contributed by atoms with Gasteiger partial charge in [0.15, 0.2) is 5.78 Å². The van der Waals surface area contributed by atoms with Crippen molar-refractivity contribution in [1.29, 1.82) is 0 Å². The summed E-state index contributed by atoms with van der Waals surface area (Å²) in [5.74, 6) is -6.06. The molecule has 3 aliphatic heterocycles. The van der Waals surface area contributed by atoms with E-state index in [-0.39, 0.29) is 68.0 Å². The first-order chi connectivity index (χ1) is 36.8. The topological polar surface area (TPSA) is 205 Å². The van der Waals surface area contributed by atoms with Gasteiger partial charge in [0.25, 0.3) is 11.7 Å². The molecule has 2 bridgehead atoms. The number of rotatable bonds is 13. The van der Waals surface area contributed by atoms with Gasteiger partial charge >= 0.3 is 5.97 Å². The van der Waals surface area contributed by atoms with E-state index < -0.39 is 83.7 Å². The third-order valence-electron chi connectivity index (χ3n) is 16.4. The van der Waals surface area contributed by atoms with E-state index in [0.717, 1.165) is 24.0 Å². The zero-order valence-corrected chi connectivity index (χ0v) is 47.0. The Morgan fingerprint density at radius 3 is 2.32 bits per heavy atom. The predicted octanol–water partition coefficient (Wildman–Crippen LogP) is 7.81. The Balaban J connectivity index is 1.48. The molecule has 15 atom stereocenters. The lowest BCUT2D eigenvalue weighted by Crippen LogP contribution is -2.61. The number of hydrogen-bond donors (Lipinski definition) is 3. The third-order valence-corrected chi connectivity index (χ3v) is 16.4. The lowest BCUT2D eigenvalue weighted by Gasteiger charge is -2.43. The Labute approximate surface area is 458 Å². The molecule has 4 aliphatic rings. The number of fused-ring (bicyclic) bond motifs is 3. The minimum Gasteiger partial charge on any atom is -0.460 e. The number of methoxy groups -OCH3 is 2. The van der Waals surface area contributed by atoms with Gasteiger partial charge in [-0.3, -0.25) is 19.2 Å². The van der Waals surface area contributed by atoms with Gasteiger partial charge in [0.1, 0.15) is 30.1 Å². The Morgan fingerprint density at radius 2 is 1.62 bits per heavy atom. The number of carbonyl (C=O) groups is 5. The highest BCUT2D eigenvalue weighted by atomic mass is 16.6. The fraction of sp³-hybridized carbons (Fsp3) is 0.661. The molecule has 3 fully saturated rings. The summed E-state index contributed by atoms with van der Waals surface area (Å²) in [4.78, 5) is 73.2.